The highest BCUT2D eigenvalue weighted by atomic mass is 16.5. The molecule has 0 spiro atoms. The van der Waals surface area contributed by atoms with E-state index in [1.54, 1.807) is 6.92 Å². The molecule has 0 bridgehead atoms. The summed E-state index contributed by atoms with van der Waals surface area (Å²) in [5.74, 6) is -1.71. The van der Waals surface area contributed by atoms with Crippen LogP contribution in [0.1, 0.15) is 50.7 Å². The van der Waals surface area contributed by atoms with Crippen molar-refractivity contribution in [2.24, 2.45) is 5.92 Å². The maximum atomic E-state index is 12.2. The molecule has 130 valence electrons. The summed E-state index contributed by atoms with van der Waals surface area (Å²) >= 11 is 0. The van der Waals surface area contributed by atoms with Gasteiger partial charge in [-0.05, 0) is 44.2 Å². The number of benzene rings is 1. The molecule has 0 fully saturated rings. The first-order valence-corrected chi connectivity index (χ1v) is 8.26. The summed E-state index contributed by atoms with van der Waals surface area (Å²) in [6.07, 6.45) is 0.846. The van der Waals surface area contributed by atoms with Gasteiger partial charge in [0.2, 0.25) is 0 Å². The molecule has 1 N–H and O–H groups in total. The average molecular weight is 331 g/mol. The first-order chi connectivity index (χ1) is 11.4. The molecule has 2 unspecified atom stereocenters. The monoisotopic (exact) mass is 331 g/mol. The van der Waals surface area contributed by atoms with Crippen molar-refractivity contribution in [3.05, 3.63) is 35.4 Å². The van der Waals surface area contributed by atoms with Gasteiger partial charge < -0.3 is 9.84 Å². The Hall–Kier alpha value is -2.35. The van der Waals surface area contributed by atoms with Crippen LogP contribution >= 0.6 is 0 Å². The molecule has 0 saturated heterocycles. The number of ether oxygens (including phenoxy) is 1. The highest BCUT2D eigenvalue weighted by Gasteiger charge is 2.38. The number of nitrogens with zero attached hydrogens (tertiary/aromatic N) is 1. The molecule has 0 heterocycles. The molecule has 2 atom stereocenters. The number of aryl methyl sites for hydroxylation is 1. The standard InChI is InChI=1S/C19H25NO4/c1-4-15(18(23)24-5-2)12-19(13-20,11-10-17(21)22)16-9-7-6-8-14(16)3/h6-9,15H,4-5,10-12H2,1-3H3,(H,21,22). The van der Waals surface area contributed by atoms with Gasteiger partial charge in [0.05, 0.1) is 24.0 Å². The van der Waals surface area contributed by atoms with Crippen molar-refractivity contribution < 1.29 is 19.4 Å². The second-order valence-electron chi connectivity index (χ2n) is 5.96. The molecule has 0 aromatic heterocycles. The fraction of sp³-hybridized carbons (Fsp3) is 0.526. The van der Waals surface area contributed by atoms with Crippen LogP contribution in [0.4, 0.5) is 0 Å². The van der Waals surface area contributed by atoms with Gasteiger partial charge in [-0.25, -0.2) is 0 Å². The lowest BCUT2D eigenvalue weighted by Gasteiger charge is -2.31. The van der Waals surface area contributed by atoms with Crippen molar-refractivity contribution in [3.63, 3.8) is 0 Å². The fourth-order valence-corrected chi connectivity index (χ4v) is 3.01. The lowest BCUT2D eigenvalue weighted by atomic mass is 9.70. The minimum absolute atomic E-state index is 0.124. The topological polar surface area (TPSA) is 87.4 Å². The molecule has 5 nitrogen and oxygen atoms in total. The van der Waals surface area contributed by atoms with Crippen LogP contribution in [0.3, 0.4) is 0 Å². The Morgan fingerprint density at radius 3 is 2.50 bits per heavy atom. The molecule has 1 aromatic carbocycles. The van der Waals surface area contributed by atoms with Gasteiger partial charge in [0.1, 0.15) is 0 Å². The number of hydrogen-bond acceptors (Lipinski definition) is 4. The maximum absolute atomic E-state index is 12.2. The summed E-state index contributed by atoms with van der Waals surface area (Å²) in [7, 11) is 0. The van der Waals surface area contributed by atoms with Gasteiger partial charge >= 0.3 is 11.9 Å². The van der Waals surface area contributed by atoms with E-state index in [2.05, 4.69) is 6.07 Å². The lowest BCUT2D eigenvalue weighted by molar-refractivity contribution is -0.148. The Morgan fingerprint density at radius 2 is 2.00 bits per heavy atom. The van der Waals surface area contributed by atoms with E-state index in [-0.39, 0.29) is 31.8 Å². The average Bonchev–Trinajstić information content (AvgIpc) is 2.56. The zero-order chi connectivity index (χ0) is 18.2. The smallest absolute Gasteiger partial charge is 0.308 e. The van der Waals surface area contributed by atoms with Crippen LogP contribution in [0, 0.1) is 24.2 Å². The van der Waals surface area contributed by atoms with E-state index < -0.39 is 17.3 Å². The van der Waals surface area contributed by atoms with E-state index in [0.717, 1.165) is 11.1 Å². The fourth-order valence-electron chi connectivity index (χ4n) is 3.01. The largest absolute Gasteiger partial charge is 0.481 e. The van der Waals surface area contributed by atoms with Crippen LogP contribution in [0.25, 0.3) is 0 Å². The summed E-state index contributed by atoms with van der Waals surface area (Å²) in [4.78, 5) is 23.2. The lowest BCUT2D eigenvalue weighted by Crippen LogP contribution is -2.32. The highest BCUT2D eigenvalue weighted by Crippen LogP contribution is 2.38. The summed E-state index contributed by atoms with van der Waals surface area (Å²) in [5.41, 5.74) is 0.691. The summed E-state index contributed by atoms with van der Waals surface area (Å²) in [6, 6.07) is 9.77. The Labute approximate surface area is 143 Å². The third-order valence-electron chi connectivity index (χ3n) is 4.35. The van der Waals surface area contributed by atoms with Crippen molar-refractivity contribution in [1.29, 1.82) is 5.26 Å². The number of aliphatic carboxylic acids is 1. The number of carbonyl (C=O) groups excluding carboxylic acids is 1. The second-order valence-corrected chi connectivity index (χ2v) is 5.96. The quantitative estimate of drug-likeness (QED) is 0.699. The maximum Gasteiger partial charge on any atom is 0.308 e. The molecule has 0 aliphatic carbocycles. The van der Waals surface area contributed by atoms with Crippen LogP contribution in [-0.2, 0) is 19.7 Å². The van der Waals surface area contributed by atoms with E-state index >= 15 is 0 Å². The molecule has 0 saturated carbocycles. The van der Waals surface area contributed by atoms with Gasteiger partial charge in [-0.1, -0.05) is 31.2 Å². The third-order valence-corrected chi connectivity index (χ3v) is 4.35. The van der Waals surface area contributed by atoms with Crippen molar-refractivity contribution in [3.8, 4) is 6.07 Å². The summed E-state index contributed by atoms with van der Waals surface area (Å²) in [5, 5.41) is 19.0. The van der Waals surface area contributed by atoms with Crippen molar-refractivity contribution in [2.45, 2.75) is 51.9 Å². The van der Waals surface area contributed by atoms with Gasteiger partial charge in [0.15, 0.2) is 0 Å². The van der Waals surface area contributed by atoms with E-state index in [9.17, 15) is 14.9 Å². The van der Waals surface area contributed by atoms with Crippen LogP contribution in [0.15, 0.2) is 24.3 Å². The Kier molecular flexibility index (Phi) is 7.44. The van der Waals surface area contributed by atoms with Crippen molar-refractivity contribution >= 4 is 11.9 Å². The number of carboxylic acid groups (broad SMARTS) is 1. The SMILES string of the molecule is CCOC(=O)C(CC)CC(C#N)(CCC(=O)O)c1ccccc1C. The number of hydrogen-bond donors (Lipinski definition) is 1. The molecule has 0 radical (unpaired) electrons. The van der Waals surface area contributed by atoms with Crippen molar-refractivity contribution in [2.75, 3.05) is 6.61 Å². The molecule has 1 rings (SSSR count). The third kappa shape index (κ3) is 4.82. The van der Waals surface area contributed by atoms with Gasteiger partial charge in [-0.15, -0.1) is 0 Å². The predicted molar refractivity (Wildman–Crippen MR) is 90.4 cm³/mol. The van der Waals surface area contributed by atoms with E-state index in [1.165, 1.54) is 0 Å². The molecule has 0 aliphatic heterocycles. The summed E-state index contributed by atoms with van der Waals surface area (Å²) in [6.45, 7) is 5.80. The zero-order valence-corrected chi connectivity index (χ0v) is 14.5. The molecule has 24 heavy (non-hydrogen) atoms. The first-order valence-electron chi connectivity index (χ1n) is 8.26. The molecule has 1 aromatic rings. The molecule has 5 heteroatoms. The van der Waals surface area contributed by atoms with Gasteiger partial charge in [0, 0.05) is 6.42 Å². The van der Waals surface area contributed by atoms with Crippen molar-refractivity contribution in [1.82, 2.24) is 0 Å². The first kappa shape index (κ1) is 19.7. The second kappa shape index (κ2) is 9.07. The normalized spacial score (nSPS) is 14.2. The van der Waals surface area contributed by atoms with Gasteiger partial charge in [-0.2, -0.15) is 5.26 Å². The van der Waals surface area contributed by atoms with Gasteiger partial charge in [-0.3, -0.25) is 9.59 Å². The Balaban J connectivity index is 3.26. The zero-order valence-electron chi connectivity index (χ0n) is 14.5. The highest BCUT2D eigenvalue weighted by molar-refractivity contribution is 5.73. The number of rotatable bonds is 9. The van der Waals surface area contributed by atoms with E-state index in [0.29, 0.717) is 6.42 Å². The van der Waals surface area contributed by atoms with E-state index in [4.69, 9.17) is 9.84 Å². The minimum Gasteiger partial charge on any atom is -0.481 e. The number of esters is 1. The number of nitriles is 1. The van der Waals surface area contributed by atoms with Crippen LogP contribution in [-0.4, -0.2) is 23.7 Å². The summed E-state index contributed by atoms with van der Waals surface area (Å²) < 4.78 is 5.11. The Bertz CT molecular complexity index is 620. The van der Waals surface area contributed by atoms with E-state index in [1.807, 2.05) is 38.1 Å². The van der Waals surface area contributed by atoms with Crippen LogP contribution < -0.4 is 0 Å². The Morgan fingerprint density at radius 1 is 1.33 bits per heavy atom. The number of carbonyl (C=O) groups is 2. The molecular formula is C19H25NO4. The van der Waals surface area contributed by atoms with Crippen LogP contribution in [0.2, 0.25) is 0 Å². The molecular weight excluding hydrogens is 306 g/mol. The van der Waals surface area contributed by atoms with Crippen LogP contribution in [0.5, 0.6) is 0 Å². The van der Waals surface area contributed by atoms with Gasteiger partial charge in [0.25, 0.3) is 0 Å². The minimum atomic E-state index is -1.02. The number of carboxylic acids is 1. The molecule has 0 amide bonds. The molecule has 0 aliphatic rings. The predicted octanol–water partition coefficient (Wildman–Crippen LogP) is 3.60.